The van der Waals surface area contributed by atoms with Gasteiger partial charge >= 0.3 is 0 Å². The summed E-state index contributed by atoms with van der Waals surface area (Å²) in [4.78, 5) is 18.6. The van der Waals surface area contributed by atoms with E-state index >= 15 is 0 Å². The SMILES string of the molecule is Cc1cc(-c2c3cc(C4CCCC4)ccc3nc[n+]2C)c(C)cc1F.Cc1cc(-c2c3ccc(C4CCC4)cc3nc[n+]2C)c(C)cc1F.Cc1cc(-c2c3ccc(C4CCCC4)cc3nc[n+]2C)c(C)cc1F.Cc1cc(-c2c3cccc(C4CCC4)c3nc[n+]2C)c(C)cc1F. The molecule has 4 heterocycles. The van der Waals surface area contributed by atoms with Crippen LogP contribution in [-0.4, -0.2) is 19.9 Å². The molecule has 4 saturated carbocycles. The highest BCUT2D eigenvalue weighted by Crippen LogP contribution is 2.43. The first-order valence-corrected chi connectivity index (χ1v) is 35.4. The summed E-state index contributed by atoms with van der Waals surface area (Å²) in [6.07, 6.45) is 25.6. The normalized spacial score (nSPS) is 15.0. The lowest BCUT2D eigenvalue weighted by molar-refractivity contribution is -0.662. The quantitative estimate of drug-likeness (QED) is 0.112. The molecule has 4 aliphatic rings. The maximum Gasteiger partial charge on any atom is 0.287 e. The first kappa shape index (κ1) is 67.4. The van der Waals surface area contributed by atoms with Crippen LogP contribution in [-0.2, 0) is 28.2 Å². The fraction of sp³-hybridized carbons (Fsp3) is 0.349. The number of para-hydroxylation sites is 1. The maximum atomic E-state index is 13.9. The summed E-state index contributed by atoms with van der Waals surface area (Å²) >= 11 is 0. The van der Waals surface area contributed by atoms with Crippen LogP contribution in [0.2, 0.25) is 0 Å². The average molecular weight is 1310 g/mol. The summed E-state index contributed by atoms with van der Waals surface area (Å²) in [5, 5.41) is 4.56. The lowest BCUT2D eigenvalue weighted by Crippen LogP contribution is -2.32. The van der Waals surface area contributed by atoms with E-state index in [0.717, 1.165) is 111 Å². The largest absolute Gasteiger partial charge is 0.287 e. The van der Waals surface area contributed by atoms with Crippen LogP contribution >= 0.6 is 0 Å². The first-order valence-electron chi connectivity index (χ1n) is 35.4. The molecule has 98 heavy (non-hydrogen) atoms. The molecule has 0 radical (unpaired) electrons. The minimum atomic E-state index is -0.149. The number of rotatable bonds is 8. The fourth-order valence-corrected chi connectivity index (χ4v) is 15.6. The number of hydrogen-bond donors (Lipinski definition) is 0. The van der Waals surface area contributed by atoms with Crippen molar-refractivity contribution in [2.45, 2.75) is 169 Å². The van der Waals surface area contributed by atoms with E-state index in [4.69, 9.17) is 4.98 Å². The van der Waals surface area contributed by atoms with E-state index in [9.17, 15) is 17.6 Å². The molecule has 8 nitrogen and oxygen atoms in total. The van der Waals surface area contributed by atoms with Crippen molar-refractivity contribution in [2.75, 3.05) is 0 Å². The highest BCUT2D eigenvalue weighted by molar-refractivity contribution is 5.95. The summed E-state index contributed by atoms with van der Waals surface area (Å²) in [7, 11) is 8.03. The highest BCUT2D eigenvalue weighted by Gasteiger charge is 2.29. The van der Waals surface area contributed by atoms with Crippen LogP contribution in [0.25, 0.3) is 88.6 Å². The average Bonchev–Trinajstić information content (AvgIpc) is 0.851. The Morgan fingerprint density at radius 2 is 0.622 bits per heavy atom. The Morgan fingerprint density at radius 3 is 1.00 bits per heavy atom. The molecule has 0 N–H and O–H groups in total. The second-order valence-corrected chi connectivity index (χ2v) is 28.8. The number of aryl methyl sites for hydroxylation is 12. The molecule has 500 valence electrons. The van der Waals surface area contributed by atoms with Crippen molar-refractivity contribution in [2.24, 2.45) is 28.2 Å². The van der Waals surface area contributed by atoms with Gasteiger partial charge in [0.05, 0.1) is 49.7 Å². The van der Waals surface area contributed by atoms with Gasteiger partial charge in [0.15, 0.2) is 22.1 Å². The van der Waals surface area contributed by atoms with Gasteiger partial charge in [-0.15, -0.1) is 0 Å². The van der Waals surface area contributed by atoms with Crippen molar-refractivity contribution >= 4 is 43.6 Å². The Balaban J connectivity index is 0.000000118. The van der Waals surface area contributed by atoms with Gasteiger partial charge < -0.3 is 0 Å². The molecule has 0 unspecified atom stereocenters. The third-order valence-corrected chi connectivity index (χ3v) is 21.9. The molecule has 0 amide bonds. The zero-order chi connectivity index (χ0) is 68.8. The molecule has 12 heteroatoms. The van der Waals surface area contributed by atoms with Crippen molar-refractivity contribution in [1.82, 2.24) is 19.9 Å². The predicted molar refractivity (Wildman–Crippen MR) is 387 cm³/mol. The molecule has 16 rings (SSSR count). The summed E-state index contributed by atoms with van der Waals surface area (Å²) in [5.41, 5.74) is 25.0. The van der Waals surface area contributed by atoms with Gasteiger partial charge in [-0.2, -0.15) is 0 Å². The van der Waals surface area contributed by atoms with Gasteiger partial charge in [0.25, 0.3) is 25.3 Å². The second kappa shape index (κ2) is 28.4. The Hall–Kier alpha value is -9.16. The monoisotopic (exact) mass is 1310 g/mol. The van der Waals surface area contributed by atoms with E-state index in [2.05, 4.69) is 92.3 Å². The molecule has 0 spiro atoms. The smallest absolute Gasteiger partial charge is 0.232 e. The van der Waals surface area contributed by atoms with Gasteiger partial charge in [0, 0.05) is 27.8 Å². The van der Waals surface area contributed by atoms with E-state index in [0.29, 0.717) is 45.9 Å². The van der Waals surface area contributed by atoms with Gasteiger partial charge in [-0.25, -0.2) is 35.8 Å². The minimum absolute atomic E-state index is 0.145. The van der Waals surface area contributed by atoms with E-state index in [-0.39, 0.29) is 23.3 Å². The molecule has 12 aromatic rings. The number of halogens is 4. The van der Waals surface area contributed by atoms with Crippen molar-refractivity contribution in [3.63, 3.8) is 0 Å². The Bertz CT molecular complexity index is 5060. The summed E-state index contributed by atoms with van der Waals surface area (Å²) < 4.78 is 63.8. The number of nitrogens with zero attached hydrogens (tertiary/aromatic N) is 8. The van der Waals surface area contributed by atoms with Gasteiger partial charge in [0.2, 0.25) is 0 Å². The molecule has 4 aromatic heterocycles. The summed E-state index contributed by atoms with van der Waals surface area (Å²) in [6, 6.07) is 40.9. The molecule has 0 aliphatic heterocycles. The third kappa shape index (κ3) is 13.5. The fourth-order valence-electron chi connectivity index (χ4n) is 15.6. The lowest BCUT2D eigenvalue weighted by atomic mass is 9.79. The van der Waals surface area contributed by atoms with Crippen LogP contribution < -0.4 is 18.3 Å². The highest BCUT2D eigenvalue weighted by atomic mass is 19.1. The predicted octanol–water partition coefficient (Wildman–Crippen LogP) is 19.8. The van der Waals surface area contributed by atoms with E-state index in [1.54, 1.807) is 24.3 Å². The van der Waals surface area contributed by atoms with Crippen LogP contribution in [0.15, 0.2) is 147 Å². The van der Waals surface area contributed by atoms with Crippen molar-refractivity contribution in [3.05, 3.63) is 237 Å². The zero-order valence-electron chi connectivity index (χ0n) is 59.2. The van der Waals surface area contributed by atoms with Gasteiger partial charge in [0.1, 0.15) is 46.0 Å². The Morgan fingerprint density at radius 1 is 0.296 bits per heavy atom. The van der Waals surface area contributed by atoms with Crippen LogP contribution in [0.3, 0.4) is 0 Å². The van der Waals surface area contributed by atoms with E-state index in [1.165, 1.54) is 112 Å². The van der Waals surface area contributed by atoms with Crippen LogP contribution in [0.5, 0.6) is 0 Å². The number of aromatic nitrogens is 8. The lowest BCUT2D eigenvalue weighted by Gasteiger charge is -2.25. The molecule has 8 aromatic carbocycles. The topological polar surface area (TPSA) is 67.1 Å². The van der Waals surface area contributed by atoms with Crippen LogP contribution in [0.4, 0.5) is 17.6 Å². The van der Waals surface area contributed by atoms with Gasteiger partial charge in [-0.1, -0.05) is 68.9 Å². The van der Waals surface area contributed by atoms with E-state index in [1.807, 2.05) is 147 Å². The Kier molecular flexibility index (Phi) is 19.5. The summed E-state index contributed by atoms with van der Waals surface area (Å²) in [5.74, 6) is 2.09. The van der Waals surface area contributed by atoms with Crippen molar-refractivity contribution in [3.8, 4) is 45.0 Å². The number of hydrogen-bond acceptors (Lipinski definition) is 4. The molecule has 4 aliphatic carbocycles. The standard InChI is InChI=1S/2C22H24FN2.2C21H22FN2/c1-14-11-20(23)15(2)10-18(14)22-19-12-17(16-6-4-5-7-16)8-9-21(19)24-13-25(22)3;1-14-11-20(23)15(2)10-19(14)22-18-9-8-17(16-6-4-5-7-16)12-21(18)24-13-25(22)3;1-13-11-19(22)14(2)10-18(13)21-17-9-5-8-16(15-6-4-7-15)20(17)23-12-24(21)3;1-13-10-19(22)14(2)9-18(13)21-17-8-7-16(15-5-4-6-15)11-20(17)23-12-24(21)3/h2*8-13,16H,4-7H2,1-3H3;5,8-12,15H,4,6-7H2,1-3H3;7-12,15H,4-6H2,1-3H3/q4*+1. The summed E-state index contributed by atoms with van der Waals surface area (Å²) in [6.45, 7) is 15.2. The van der Waals surface area contributed by atoms with Crippen molar-refractivity contribution < 1.29 is 35.8 Å². The molecular formula is C86H92F4N8+4. The minimum Gasteiger partial charge on any atom is -0.232 e. The third-order valence-electron chi connectivity index (χ3n) is 21.9. The maximum absolute atomic E-state index is 13.9. The molecule has 4 fully saturated rings. The van der Waals surface area contributed by atoms with Gasteiger partial charge in [-0.3, -0.25) is 0 Å². The van der Waals surface area contributed by atoms with Crippen LogP contribution in [0, 0.1) is 78.7 Å². The number of benzene rings is 8. The van der Waals surface area contributed by atoms with Gasteiger partial charge in [-0.05, 0) is 303 Å². The van der Waals surface area contributed by atoms with E-state index < -0.39 is 0 Å². The first-order chi connectivity index (χ1) is 47.2. The van der Waals surface area contributed by atoms with Crippen molar-refractivity contribution in [1.29, 1.82) is 0 Å². The molecular weight excluding hydrogens is 1220 g/mol. The molecule has 0 saturated heterocycles. The second-order valence-electron chi connectivity index (χ2n) is 28.8. The number of fused-ring (bicyclic) bond motifs is 4. The van der Waals surface area contributed by atoms with Crippen LogP contribution in [0.1, 0.15) is 180 Å². The molecule has 0 bridgehead atoms. The molecule has 0 atom stereocenters. The Labute approximate surface area is 575 Å². The zero-order valence-corrected chi connectivity index (χ0v) is 59.2.